The van der Waals surface area contributed by atoms with Gasteiger partial charge in [0.15, 0.2) is 0 Å². The molecule has 0 fully saturated rings. The average Bonchev–Trinajstić information content (AvgIpc) is 3.05. The van der Waals surface area contributed by atoms with Gasteiger partial charge < -0.3 is 10.6 Å². The van der Waals surface area contributed by atoms with Gasteiger partial charge in [-0.1, -0.05) is 24.3 Å². The third-order valence-electron chi connectivity index (χ3n) is 3.38. The van der Waals surface area contributed by atoms with Gasteiger partial charge in [0.25, 0.3) is 0 Å². The van der Waals surface area contributed by atoms with Crippen LogP contribution < -0.4 is 10.6 Å². The lowest BCUT2D eigenvalue weighted by Crippen LogP contribution is -2.17. The van der Waals surface area contributed by atoms with E-state index in [0.717, 1.165) is 26.1 Å². The summed E-state index contributed by atoms with van der Waals surface area (Å²) >= 11 is 1.84. The summed E-state index contributed by atoms with van der Waals surface area (Å²) in [5.41, 5.74) is 4.23. The highest BCUT2D eigenvalue weighted by Gasteiger charge is 2.12. The maximum absolute atomic E-state index is 3.54. The zero-order valence-corrected chi connectivity index (χ0v) is 12.4. The minimum Gasteiger partial charge on any atom is -0.384 e. The molecule has 4 heteroatoms. The second-order valence-electron chi connectivity index (χ2n) is 4.63. The molecule has 0 saturated carbocycles. The Kier molecular flexibility index (Phi) is 5.25. The van der Waals surface area contributed by atoms with Crippen molar-refractivity contribution in [2.45, 2.75) is 19.4 Å². The topological polar surface area (TPSA) is 24.1 Å². The lowest BCUT2D eigenvalue weighted by atomic mass is 10.1. The first kappa shape index (κ1) is 14.4. The summed E-state index contributed by atoms with van der Waals surface area (Å²) in [5.74, 6) is 0. The van der Waals surface area contributed by atoms with E-state index in [1.54, 1.807) is 0 Å². The predicted octanol–water partition coefficient (Wildman–Crippen LogP) is 3.47. The van der Waals surface area contributed by atoms with E-state index in [9.17, 15) is 0 Å². The van der Waals surface area contributed by atoms with Crippen molar-refractivity contribution in [1.82, 2.24) is 5.32 Å². The van der Waals surface area contributed by atoms with Crippen LogP contribution in [-0.2, 0) is 19.4 Å². The molecule has 2 nitrogen and oxygen atoms in total. The molecule has 0 atom stereocenters. The predicted molar refractivity (Wildman–Crippen MR) is 85.6 cm³/mol. The maximum atomic E-state index is 3.54. The highest BCUT2D eigenvalue weighted by atomic mass is 35.5. The van der Waals surface area contributed by atoms with Crippen molar-refractivity contribution in [3.8, 4) is 0 Å². The maximum Gasteiger partial charge on any atom is 0.0419 e. The van der Waals surface area contributed by atoms with Gasteiger partial charge in [0.2, 0.25) is 0 Å². The number of hydrogen-bond donors (Lipinski definition) is 2. The van der Waals surface area contributed by atoms with E-state index in [0.29, 0.717) is 0 Å². The van der Waals surface area contributed by atoms with Crippen LogP contribution >= 0.6 is 23.7 Å². The first-order valence-corrected chi connectivity index (χ1v) is 7.39. The van der Waals surface area contributed by atoms with Crippen molar-refractivity contribution in [1.29, 1.82) is 0 Å². The zero-order chi connectivity index (χ0) is 12.2. The molecular formula is C15H19ClN2S. The Morgan fingerprint density at radius 1 is 1.21 bits per heavy atom. The molecule has 0 amide bonds. The zero-order valence-electron chi connectivity index (χ0n) is 10.8. The molecule has 1 aromatic carbocycles. The standard InChI is InChI=1S/C15H18N2S.ClH/c1-3-12-6-9-17-15(12)13(4-1)11-16-8-7-14-5-2-10-18-14;/h1-5,10,16-17H,6-9,11H2;1H. The van der Waals surface area contributed by atoms with Crippen LogP contribution in [-0.4, -0.2) is 13.1 Å². The fourth-order valence-corrected chi connectivity index (χ4v) is 3.16. The van der Waals surface area contributed by atoms with Crippen LogP contribution in [0.25, 0.3) is 0 Å². The summed E-state index contributed by atoms with van der Waals surface area (Å²) in [4.78, 5) is 1.46. The number of benzene rings is 1. The smallest absolute Gasteiger partial charge is 0.0419 e. The van der Waals surface area contributed by atoms with Crippen molar-refractivity contribution < 1.29 is 0 Å². The van der Waals surface area contributed by atoms with Crippen LogP contribution in [0.1, 0.15) is 16.0 Å². The van der Waals surface area contributed by atoms with Gasteiger partial charge in [-0.3, -0.25) is 0 Å². The molecule has 2 aromatic rings. The monoisotopic (exact) mass is 294 g/mol. The lowest BCUT2D eigenvalue weighted by Gasteiger charge is -2.09. The summed E-state index contributed by atoms with van der Waals surface area (Å²) in [6, 6.07) is 10.9. The molecule has 1 aromatic heterocycles. The second-order valence-corrected chi connectivity index (χ2v) is 5.67. The van der Waals surface area contributed by atoms with E-state index in [4.69, 9.17) is 0 Å². The van der Waals surface area contributed by atoms with Crippen LogP contribution in [0, 0.1) is 0 Å². The fraction of sp³-hybridized carbons (Fsp3) is 0.333. The molecule has 0 saturated heterocycles. The van der Waals surface area contributed by atoms with Gasteiger partial charge in [0.1, 0.15) is 0 Å². The molecule has 1 aliphatic rings. The normalized spacial score (nSPS) is 12.6. The summed E-state index contributed by atoms with van der Waals surface area (Å²) in [7, 11) is 0. The SMILES string of the molecule is Cl.c1csc(CCNCc2cccc3c2NCC3)c1. The van der Waals surface area contributed by atoms with E-state index in [1.807, 2.05) is 11.3 Å². The Labute approximate surface area is 124 Å². The molecular weight excluding hydrogens is 276 g/mol. The quantitative estimate of drug-likeness (QED) is 0.825. The highest BCUT2D eigenvalue weighted by Crippen LogP contribution is 2.26. The highest BCUT2D eigenvalue weighted by molar-refractivity contribution is 7.09. The van der Waals surface area contributed by atoms with Gasteiger partial charge in [-0.15, -0.1) is 23.7 Å². The van der Waals surface area contributed by atoms with Gasteiger partial charge in [-0.25, -0.2) is 0 Å². The Bertz CT molecular complexity index is 511. The summed E-state index contributed by atoms with van der Waals surface area (Å²) in [6.45, 7) is 3.09. The minimum absolute atomic E-state index is 0. The Hall–Kier alpha value is -1.03. The molecule has 0 bridgehead atoms. The Balaban J connectivity index is 0.00000133. The van der Waals surface area contributed by atoms with Crippen molar-refractivity contribution >= 4 is 29.4 Å². The third kappa shape index (κ3) is 3.50. The molecule has 0 spiro atoms. The van der Waals surface area contributed by atoms with Gasteiger partial charge in [0, 0.05) is 30.2 Å². The van der Waals surface area contributed by atoms with Crippen LogP contribution in [0.5, 0.6) is 0 Å². The van der Waals surface area contributed by atoms with Crippen LogP contribution in [0.2, 0.25) is 0 Å². The van der Waals surface area contributed by atoms with E-state index in [1.165, 1.54) is 28.1 Å². The van der Waals surface area contributed by atoms with Gasteiger partial charge in [-0.2, -0.15) is 0 Å². The van der Waals surface area contributed by atoms with E-state index < -0.39 is 0 Å². The summed E-state index contributed by atoms with van der Waals surface area (Å²) in [5, 5.41) is 9.16. The number of fused-ring (bicyclic) bond motifs is 1. The molecule has 2 heterocycles. The fourth-order valence-electron chi connectivity index (χ4n) is 2.45. The first-order valence-electron chi connectivity index (χ1n) is 6.51. The molecule has 1 aliphatic heterocycles. The van der Waals surface area contributed by atoms with Crippen LogP contribution in [0.3, 0.4) is 0 Å². The van der Waals surface area contributed by atoms with Crippen molar-refractivity contribution in [3.63, 3.8) is 0 Å². The molecule has 102 valence electrons. The number of nitrogens with one attached hydrogen (secondary N) is 2. The van der Waals surface area contributed by atoms with E-state index in [-0.39, 0.29) is 12.4 Å². The summed E-state index contributed by atoms with van der Waals surface area (Å²) in [6.07, 6.45) is 2.29. The van der Waals surface area contributed by atoms with Gasteiger partial charge >= 0.3 is 0 Å². The number of anilines is 1. The number of para-hydroxylation sites is 1. The second kappa shape index (κ2) is 6.94. The number of halogens is 1. The van der Waals surface area contributed by atoms with Crippen molar-refractivity contribution in [3.05, 3.63) is 51.7 Å². The lowest BCUT2D eigenvalue weighted by molar-refractivity contribution is 0.691. The molecule has 0 aliphatic carbocycles. The third-order valence-corrected chi connectivity index (χ3v) is 4.31. The largest absolute Gasteiger partial charge is 0.384 e. The number of hydrogen-bond acceptors (Lipinski definition) is 3. The molecule has 2 N–H and O–H groups in total. The van der Waals surface area contributed by atoms with Crippen LogP contribution in [0.4, 0.5) is 5.69 Å². The minimum atomic E-state index is 0. The average molecular weight is 295 g/mol. The Morgan fingerprint density at radius 2 is 2.16 bits per heavy atom. The Morgan fingerprint density at radius 3 is 3.00 bits per heavy atom. The first-order chi connectivity index (χ1) is 8.93. The summed E-state index contributed by atoms with van der Waals surface area (Å²) < 4.78 is 0. The molecule has 3 rings (SSSR count). The van der Waals surface area contributed by atoms with Gasteiger partial charge in [0.05, 0.1) is 0 Å². The number of rotatable bonds is 5. The van der Waals surface area contributed by atoms with E-state index >= 15 is 0 Å². The molecule has 0 radical (unpaired) electrons. The van der Waals surface area contributed by atoms with E-state index in [2.05, 4.69) is 46.3 Å². The van der Waals surface area contributed by atoms with Gasteiger partial charge in [-0.05, 0) is 35.4 Å². The van der Waals surface area contributed by atoms with Crippen molar-refractivity contribution in [2.24, 2.45) is 0 Å². The molecule has 0 unspecified atom stereocenters. The molecule has 19 heavy (non-hydrogen) atoms. The number of thiophene rings is 1. The van der Waals surface area contributed by atoms with Crippen molar-refractivity contribution in [2.75, 3.05) is 18.4 Å². The van der Waals surface area contributed by atoms with Crippen LogP contribution in [0.15, 0.2) is 35.7 Å².